The second kappa shape index (κ2) is 5.59. The molecule has 90 valence electrons. The van der Waals surface area contributed by atoms with Gasteiger partial charge in [-0.3, -0.25) is 0 Å². The average Bonchev–Trinajstić information content (AvgIpc) is 2.29. The number of hydrogen-bond donors (Lipinski definition) is 0. The Kier molecular flexibility index (Phi) is 4.40. The van der Waals surface area contributed by atoms with Crippen molar-refractivity contribution in [3.05, 3.63) is 27.7 Å². The molecule has 4 nitrogen and oxygen atoms in total. The summed E-state index contributed by atoms with van der Waals surface area (Å²) < 4.78 is 32.9. The Morgan fingerprint density at radius 3 is 2.65 bits per heavy atom. The quantitative estimate of drug-likeness (QED) is 0.806. The van der Waals surface area contributed by atoms with Crippen LogP contribution in [-0.4, -0.2) is 19.7 Å². The van der Waals surface area contributed by atoms with Crippen molar-refractivity contribution in [1.82, 2.24) is 0 Å². The van der Waals surface area contributed by atoms with Gasteiger partial charge in [-0.2, -0.15) is 14.0 Å². The lowest BCUT2D eigenvalue weighted by Crippen LogP contribution is -2.07. The number of esters is 1. The first-order chi connectivity index (χ1) is 7.99. The van der Waals surface area contributed by atoms with E-state index in [1.165, 1.54) is 6.07 Å². The summed E-state index contributed by atoms with van der Waals surface area (Å²) >= 11 is 2.96. The molecule has 0 aliphatic heterocycles. The first-order valence-electron chi connectivity index (χ1n) is 4.26. The summed E-state index contributed by atoms with van der Waals surface area (Å²) in [6.45, 7) is -3.01. The van der Waals surface area contributed by atoms with E-state index in [1.54, 1.807) is 6.07 Å². The number of ether oxygens (including phenoxy) is 2. The first-order valence-corrected chi connectivity index (χ1v) is 5.05. The minimum Gasteiger partial charge on any atom is -0.465 e. The van der Waals surface area contributed by atoms with Crippen molar-refractivity contribution < 1.29 is 23.0 Å². The average molecular weight is 306 g/mol. The number of nitriles is 1. The van der Waals surface area contributed by atoms with E-state index in [0.717, 1.165) is 13.2 Å². The van der Waals surface area contributed by atoms with Crippen LogP contribution >= 0.6 is 15.9 Å². The highest BCUT2D eigenvalue weighted by atomic mass is 79.9. The summed E-state index contributed by atoms with van der Waals surface area (Å²) in [6, 6.07) is 3.95. The van der Waals surface area contributed by atoms with Gasteiger partial charge in [0.2, 0.25) is 0 Å². The highest BCUT2D eigenvalue weighted by Crippen LogP contribution is 2.30. The van der Waals surface area contributed by atoms with Crippen LogP contribution in [0.2, 0.25) is 0 Å². The molecule has 0 saturated carbocycles. The lowest BCUT2D eigenvalue weighted by atomic mass is 10.1. The van der Waals surface area contributed by atoms with Gasteiger partial charge in [0.1, 0.15) is 11.8 Å². The topological polar surface area (TPSA) is 59.3 Å². The largest absolute Gasteiger partial charge is 0.465 e. The summed E-state index contributed by atoms with van der Waals surface area (Å²) in [5.74, 6) is -0.949. The lowest BCUT2D eigenvalue weighted by Gasteiger charge is -2.09. The minimum absolute atomic E-state index is 0.0245. The molecule has 0 atom stereocenters. The molecule has 1 aromatic carbocycles. The molecule has 1 aromatic rings. The Morgan fingerprint density at radius 1 is 1.53 bits per heavy atom. The van der Waals surface area contributed by atoms with Gasteiger partial charge in [0, 0.05) is 6.07 Å². The van der Waals surface area contributed by atoms with Crippen LogP contribution < -0.4 is 4.74 Å². The second-order valence-electron chi connectivity index (χ2n) is 2.81. The molecular formula is C10H6BrF2NO3. The number of nitrogens with zero attached hydrogens (tertiary/aromatic N) is 1. The Morgan fingerprint density at radius 2 is 2.18 bits per heavy atom. The van der Waals surface area contributed by atoms with E-state index in [9.17, 15) is 13.6 Å². The van der Waals surface area contributed by atoms with E-state index in [0.29, 0.717) is 0 Å². The van der Waals surface area contributed by atoms with E-state index in [-0.39, 0.29) is 21.3 Å². The molecule has 0 fully saturated rings. The summed E-state index contributed by atoms with van der Waals surface area (Å²) in [4.78, 5) is 11.3. The highest BCUT2D eigenvalue weighted by molar-refractivity contribution is 9.10. The molecule has 1 rings (SSSR count). The molecule has 0 spiro atoms. The summed E-state index contributed by atoms with van der Waals surface area (Å²) in [5, 5.41) is 8.80. The molecule has 0 saturated heterocycles. The van der Waals surface area contributed by atoms with E-state index in [2.05, 4.69) is 25.4 Å². The van der Waals surface area contributed by atoms with Gasteiger partial charge in [-0.15, -0.1) is 0 Å². The van der Waals surface area contributed by atoms with Crippen molar-refractivity contribution >= 4 is 21.9 Å². The van der Waals surface area contributed by atoms with Crippen LogP contribution in [0.15, 0.2) is 16.6 Å². The van der Waals surface area contributed by atoms with Crippen molar-refractivity contribution in [2.45, 2.75) is 6.61 Å². The molecule has 17 heavy (non-hydrogen) atoms. The number of alkyl halides is 2. The number of methoxy groups -OCH3 is 1. The van der Waals surface area contributed by atoms with Gasteiger partial charge in [-0.25, -0.2) is 4.79 Å². The smallest absolute Gasteiger partial charge is 0.387 e. The van der Waals surface area contributed by atoms with Gasteiger partial charge in [0.05, 0.1) is 22.7 Å². The van der Waals surface area contributed by atoms with Crippen LogP contribution in [0.25, 0.3) is 0 Å². The van der Waals surface area contributed by atoms with E-state index < -0.39 is 12.6 Å². The zero-order chi connectivity index (χ0) is 13.0. The minimum atomic E-state index is -3.01. The van der Waals surface area contributed by atoms with Gasteiger partial charge >= 0.3 is 12.6 Å². The maximum absolute atomic E-state index is 12.0. The Labute approximate surface area is 104 Å². The number of carbonyl (C=O) groups excluding carboxylic acids is 1. The van der Waals surface area contributed by atoms with Crippen molar-refractivity contribution in [2.24, 2.45) is 0 Å². The van der Waals surface area contributed by atoms with Crippen LogP contribution in [0, 0.1) is 11.3 Å². The van der Waals surface area contributed by atoms with Crippen molar-refractivity contribution in [3.8, 4) is 11.8 Å². The normalized spacial score (nSPS) is 9.88. The molecule has 0 bridgehead atoms. The Balaban J connectivity index is 3.26. The molecule has 0 N–H and O–H groups in total. The fraction of sp³-hybridized carbons (Fsp3) is 0.200. The molecule has 0 aromatic heterocycles. The highest BCUT2D eigenvalue weighted by Gasteiger charge is 2.17. The zero-order valence-electron chi connectivity index (χ0n) is 8.54. The van der Waals surface area contributed by atoms with E-state index in [4.69, 9.17) is 5.26 Å². The zero-order valence-corrected chi connectivity index (χ0v) is 10.1. The SMILES string of the molecule is COC(=O)c1cc(Br)c(OC(F)F)cc1C#N. The van der Waals surface area contributed by atoms with Crippen LogP contribution in [0.5, 0.6) is 5.75 Å². The van der Waals surface area contributed by atoms with Crippen LogP contribution in [-0.2, 0) is 4.74 Å². The maximum atomic E-state index is 12.0. The summed E-state index contributed by atoms with van der Waals surface area (Å²) in [5.41, 5.74) is -0.126. The maximum Gasteiger partial charge on any atom is 0.387 e. The number of carbonyl (C=O) groups is 1. The van der Waals surface area contributed by atoms with Gasteiger partial charge in [0.15, 0.2) is 0 Å². The fourth-order valence-electron chi connectivity index (χ4n) is 1.11. The molecule has 0 amide bonds. The van der Waals surface area contributed by atoms with Gasteiger partial charge in [0.25, 0.3) is 0 Å². The summed E-state index contributed by atoms with van der Waals surface area (Å²) in [6.07, 6.45) is 0. The lowest BCUT2D eigenvalue weighted by molar-refractivity contribution is -0.0503. The predicted octanol–water partition coefficient (Wildman–Crippen LogP) is 2.71. The van der Waals surface area contributed by atoms with Crippen LogP contribution in [0.3, 0.4) is 0 Å². The molecular weight excluding hydrogens is 300 g/mol. The number of hydrogen-bond acceptors (Lipinski definition) is 4. The molecule has 0 aliphatic rings. The van der Waals surface area contributed by atoms with Gasteiger partial charge in [-0.1, -0.05) is 0 Å². The Hall–Kier alpha value is -1.68. The van der Waals surface area contributed by atoms with Crippen molar-refractivity contribution in [1.29, 1.82) is 5.26 Å². The van der Waals surface area contributed by atoms with Gasteiger partial charge in [-0.05, 0) is 22.0 Å². The third-order valence-electron chi connectivity index (χ3n) is 1.81. The number of halogens is 3. The van der Waals surface area contributed by atoms with Crippen LogP contribution in [0.4, 0.5) is 8.78 Å². The van der Waals surface area contributed by atoms with Crippen molar-refractivity contribution in [3.63, 3.8) is 0 Å². The third-order valence-corrected chi connectivity index (χ3v) is 2.43. The first kappa shape index (κ1) is 13.4. The molecule has 0 heterocycles. The monoisotopic (exact) mass is 305 g/mol. The molecule has 0 aliphatic carbocycles. The number of rotatable bonds is 3. The number of benzene rings is 1. The second-order valence-corrected chi connectivity index (χ2v) is 3.66. The standard InChI is InChI=1S/C10H6BrF2NO3/c1-16-9(15)6-3-7(11)8(17-10(12)13)2-5(6)4-14/h2-3,10H,1H3. The van der Waals surface area contributed by atoms with Crippen LogP contribution in [0.1, 0.15) is 15.9 Å². The third kappa shape index (κ3) is 3.14. The molecule has 0 unspecified atom stereocenters. The van der Waals surface area contributed by atoms with Crippen molar-refractivity contribution in [2.75, 3.05) is 7.11 Å². The van der Waals surface area contributed by atoms with E-state index in [1.807, 2.05) is 0 Å². The molecule has 0 radical (unpaired) electrons. The van der Waals surface area contributed by atoms with E-state index >= 15 is 0 Å². The van der Waals surface area contributed by atoms with Gasteiger partial charge < -0.3 is 9.47 Å². The fourth-order valence-corrected chi connectivity index (χ4v) is 1.55. The Bertz CT molecular complexity index is 485. The summed E-state index contributed by atoms with van der Waals surface area (Å²) in [7, 11) is 1.15. The predicted molar refractivity (Wildman–Crippen MR) is 56.8 cm³/mol. The molecule has 7 heteroatoms.